The van der Waals surface area contributed by atoms with E-state index in [-0.39, 0.29) is 6.04 Å². The Morgan fingerprint density at radius 3 is 2.55 bits per heavy atom. The van der Waals surface area contributed by atoms with Crippen molar-refractivity contribution in [1.82, 2.24) is 0 Å². The number of rotatable bonds is 5. The van der Waals surface area contributed by atoms with Crippen LogP contribution in [0.15, 0.2) is 46.9 Å². The molecule has 0 heterocycles. The zero-order valence-corrected chi connectivity index (χ0v) is 13.5. The highest BCUT2D eigenvalue weighted by atomic mass is 79.9. The second kappa shape index (κ2) is 6.91. The van der Waals surface area contributed by atoms with Crippen molar-refractivity contribution >= 4 is 15.9 Å². The van der Waals surface area contributed by atoms with Crippen molar-refractivity contribution in [3.63, 3.8) is 0 Å². The molecular weight excluding hydrogens is 314 g/mol. The molecule has 0 amide bonds. The maximum Gasteiger partial charge on any atom is 0.141 e. The van der Waals surface area contributed by atoms with Crippen LogP contribution in [0.5, 0.6) is 11.5 Å². The summed E-state index contributed by atoms with van der Waals surface area (Å²) >= 11 is 3.49. The van der Waals surface area contributed by atoms with Gasteiger partial charge >= 0.3 is 0 Å². The first-order valence-electron chi connectivity index (χ1n) is 6.87. The lowest BCUT2D eigenvalue weighted by Crippen LogP contribution is -2.21. The number of benzene rings is 2. The van der Waals surface area contributed by atoms with Gasteiger partial charge in [-0.25, -0.2) is 0 Å². The predicted octanol–water partition coefficient (Wildman–Crippen LogP) is 4.83. The molecule has 0 aliphatic rings. The van der Waals surface area contributed by atoms with Crippen molar-refractivity contribution in [2.45, 2.75) is 32.7 Å². The molecule has 0 fully saturated rings. The second-order valence-electron chi connectivity index (χ2n) is 5.00. The van der Waals surface area contributed by atoms with E-state index >= 15 is 0 Å². The SMILES string of the molecule is CCC(N)Cc1ccc(Oc2ccccc2Br)c(C)c1. The van der Waals surface area contributed by atoms with Gasteiger partial charge in [0, 0.05) is 6.04 Å². The van der Waals surface area contributed by atoms with Crippen molar-refractivity contribution < 1.29 is 4.74 Å². The van der Waals surface area contributed by atoms with Gasteiger partial charge in [-0.15, -0.1) is 0 Å². The average molecular weight is 334 g/mol. The molecule has 2 rings (SSSR count). The fourth-order valence-electron chi connectivity index (χ4n) is 2.05. The second-order valence-corrected chi connectivity index (χ2v) is 5.86. The molecule has 0 aromatic heterocycles. The van der Waals surface area contributed by atoms with Crippen LogP contribution < -0.4 is 10.5 Å². The normalized spacial score (nSPS) is 12.2. The van der Waals surface area contributed by atoms with Crippen LogP contribution in [0, 0.1) is 6.92 Å². The molecule has 20 heavy (non-hydrogen) atoms. The third kappa shape index (κ3) is 3.84. The number of para-hydroxylation sites is 1. The molecule has 3 heteroatoms. The van der Waals surface area contributed by atoms with Gasteiger partial charge in [0.2, 0.25) is 0 Å². The Labute approximate surface area is 129 Å². The number of halogens is 1. The van der Waals surface area contributed by atoms with Crippen molar-refractivity contribution in [2.24, 2.45) is 5.73 Å². The van der Waals surface area contributed by atoms with Crippen LogP contribution in [0.1, 0.15) is 24.5 Å². The van der Waals surface area contributed by atoms with Gasteiger partial charge in [0.25, 0.3) is 0 Å². The van der Waals surface area contributed by atoms with Gasteiger partial charge in [0.05, 0.1) is 4.47 Å². The number of nitrogens with two attached hydrogens (primary N) is 1. The third-order valence-corrected chi connectivity index (χ3v) is 3.97. The zero-order valence-electron chi connectivity index (χ0n) is 11.9. The maximum atomic E-state index is 6.00. The zero-order chi connectivity index (χ0) is 14.5. The number of hydrogen-bond donors (Lipinski definition) is 1. The van der Waals surface area contributed by atoms with E-state index in [9.17, 15) is 0 Å². The van der Waals surface area contributed by atoms with Crippen LogP contribution in [0.25, 0.3) is 0 Å². The molecule has 0 aliphatic carbocycles. The molecule has 2 nitrogen and oxygen atoms in total. The number of aryl methyl sites for hydroxylation is 1. The van der Waals surface area contributed by atoms with Crippen molar-refractivity contribution in [3.8, 4) is 11.5 Å². The molecule has 0 spiro atoms. The van der Waals surface area contributed by atoms with E-state index in [4.69, 9.17) is 10.5 Å². The maximum absolute atomic E-state index is 6.00. The van der Waals surface area contributed by atoms with Gasteiger partial charge in [0.15, 0.2) is 0 Å². The standard InChI is InChI=1S/C17H20BrNO/c1-3-14(19)11-13-8-9-16(12(2)10-13)20-17-7-5-4-6-15(17)18/h4-10,14H,3,11,19H2,1-2H3. The fraction of sp³-hybridized carbons (Fsp3) is 0.294. The Morgan fingerprint density at radius 2 is 1.90 bits per heavy atom. The van der Waals surface area contributed by atoms with Gasteiger partial charge in [-0.2, -0.15) is 0 Å². The van der Waals surface area contributed by atoms with Crippen molar-refractivity contribution in [3.05, 3.63) is 58.1 Å². The number of ether oxygens (including phenoxy) is 1. The quantitative estimate of drug-likeness (QED) is 0.850. The molecule has 106 valence electrons. The van der Waals surface area contributed by atoms with E-state index in [1.807, 2.05) is 30.3 Å². The average Bonchev–Trinajstić information content (AvgIpc) is 2.44. The Hall–Kier alpha value is -1.32. The van der Waals surface area contributed by atoms with Crippen LogP contribution in [0.4, 0.5) is 0 Å². The first-order chi connectivity index (χ1) is 9.60. The molecule has 0 saturated carbocycles. The minimum absolute atomic E-state index is 0.226. The molecule has 2 aromatic carbocycles. The van der Waals surface area contributed by atoms with Crippen LogP contribution >= 0.6 is 15.9 Å². The predicted molar refractivity (Wildman–Crippen MR) is 87.4 cm³/mol. The summed E-state index contributed by atoms with van der Waals surface area (Å²) in [4.78, 5) is 0. The van der Waals surface area contributed by atoms with Crippen LogP contribution in [-0.2, 0) is 6.42 Å². The van der Waals surface area contributed by atoms with Crippen LogP contribution in [0.2, 0.25) is 0 Å². The lowest BCUT2D eigenvalue weighted by atomic mass is 10.0. The summed E-state index contributed by atoms with van der Waals surface area (Å²) in [5, 5.41) is 0. The summed E-state index contributed by atoms with van der Waals surface area (Å²) in [5.41, 5.74) is 8.39. The third-order valence-electron chi connectivity index (χ3n) is 3.32. The number of hydrogen-bond acceptors (Lipinski definition) is 2. The first kappa shape index (κ1) is 15.1. The summed E-state index contributed by atoms with van der Waals surface area (Å²) in [6.07, 6.45) is 1.90. The van der Waals surface area contributed by atoms with E-state index in [0.29, 0.717) is 0 Å². The van der Waals surface area contributed by atoms with E-state index < -0.39 is 0 Å². The Bertz CT molecular complexity index is 583. The fourth-order valence-corrected chi connectivity index (χ4v) is 2.41. The van der Waals surface area contributed by atoms with Gasteiger partial charge in [0.1, 0.15) is 11.5 Å². The largest absolute Gasteiger partial charge is 0.456 e. The Kier molecular flexibility index (Phi) is 5.21. The summed E-state index contributed by atoms with van der Waals surface area (Å²) in [6.45, 7) is 4.18. The van der Waals surface area contributed by atoms with Crippen molar-refractivity contribution in [1.29, 1.82) is 0 Å². The highest BCUT2D eigenvalue weighted by Gasteiger charge is 2.07. The summed E-state index contributed by atoms with van der Waals surface area (Å²) in [7, 11) is 0. The van der Waals surface area contributed by atoms with E-state index in [0.717, 1.165) is 34.4 Å². The molecule has 2 aromatic rings. The summed E-state index contributed by atoms with van der Waals surface area (Å²) < 4.78 is 6.90. The topological polar surface area (TPSA) is 35.2 Å². The molecule has 1 atom stereocenters. The highest BCUT2D eigenvalue weighted by Crippen LogP contribution is 2.31. The van der Waals surface area contributed by atoms with Gasteiger partial charge in [-0.05, 0) is 65.0 Å². The minimum atomic E-state index is 0.226. The molecule has 0 radical (unpaired) electrons. The van der Waals surface area contributed by atoms with Crippen LogP contribution in [0.3, 0.4) is 0 Å². The molecule has 0 bridgehead atoms. The van der Waals surface area contributed by atoms with Crippen LogP contribution in [-0.4, -0.2) is 6.04 Å². The molecule has 0 aliphatic heterocycles. The molecule has 1 unspecified atom stereocenters. The van der Waals surface area contributed by atoms with Gasteiger partial charge in [-0.3, -0.25) is 0 Å². The lowest BCUT2D eigenvalue weighted by molar-refractivity contribution is 0.475. The summed E-state index contributed by atoms with van der Waals surface area (Å²) in [6, 6.07) is 14.3. The van der Waals surface area contributed by atoms with E-state index in [1.54, 1.807) is 0 Å². The monoisotopic (exact) mass is 333 g/mol. The van der Waals surface area contributed by atoms with Gasteiger partial charge < -0.3 is 10.5 Å². The highest BCUT2D eigenvalue weighted by molar-refractivity contribution is 9.10. The Balaban J connectivity index is 2.16. The van der Waals surface area contributed by atoms with E-state index in [1.165, 1.54) is 5.56 Å². The van der Waals surface area contributed by atoms with E-state index in [2.05, 4.69) is 41.9 Å². The molecular formula is C17H20BrNO. The first-order valence-corrected chi connectivity index (χ1v) is 7.67. The molecule has 0 saturated heterocycles. The molecule has 2 N–H and O–H groups in total. The smallest absolute Gasteiger partial charge is 0.141 e. The van der Waals surface area contributed by atoms with Crippen molar-refractivity contribution in [2.75, 3.05) is 0 Å². The van der Waals surface area contributed by atoms with Gasteiger partial charge in [-0.1, -0.05) is 31.2 Å². The lowest BCUT2D eigenvalue weighted by Gasteiger charge is -2.13. The summed E-state index contributed by atoms with van der Waals surface area (Å²) in [5.74, 6) is 1.71. The minimum Gasteiger partial charge on any atom is -0.456 e. The Morgan fingerprint density at radius 1 is 1.15 bits per heavy atom.